The van der Waals surface area contributed by atoms with Crippen LogP contribution in [0.25, 0.3) is 0 Å². The number of aromatic nitrogens is 3. The molecule has 0 amide bonds. The lowest BCUT2D eigenvalue weighted by Gasteiger charge is -2.08. The van der Waals surface area contributed by atoms with Crippen LogP contribution in [-0.2, 0) is 22.4 Å². The third kappa shape index (κ3) is 8.77. The van der Waals surface area contributed by atoms with Crippen molar-refractivity contribution in [1.29, 1.82) is 0 Å². The van der Waals surface area contributed by atoms with Crippen molar-refractivity contribution in [1.82, 2.24) is 25.6 Å². The summed E-state index contributed by atoms with van der Waals surface area (Å²) in [6.45, 7) is 8.39. The SMILES string of the molecule is CCCNCCOCCOCCn1nncc1CCNC. The fraction of sp³-hybridized carbons (Fsp3) is 0.857. The van der Waals surface area contributed by atoms with Crippen molar-refractivity contribution in [3.05, 3.63) is 11.9 Å². The van der Waals surface area contributed by atoms with Crippen LogP contribution in [0.15, 0.2) is 6.20 Å². The molecule has 0 atom stereocenters. The molecule has 0 aliphatic rings. The van der Waals surface area contributed by atoms with Gasteiger partial charge in [-0.3, -0.25) is 0 Å². The Balaban J connectivity index is 1.95. The first-order chi connectivity index (χ1) is 10.4. The van der Waals surface area contributed by atoms with E-state index in [0.717, 1.165) is 51.3 Å². The van der Waals surface area contributed by atoms with Gasteiger partial charge in [-0.1, -0.05) is 12.1 Å². The molecule has 0 aliphatic carbocycles. The molecule has 0 bridgehead atoms. The molecule has 1 aromatic rings. The molecular weight excluding hydrogens is 270 g/mol. The second-order valence-electron chi connectivity index (χ2n) is 4.78. The molecule has 2 N–H and O–H groups in total. The largest absolute Gasteiger partial charge is 0.378 e. The minimum Gasteiger partial charge on any atom is -0.378 e. The highest BCUT2D eigenvalue weighted by molar-refractivity contribution is 4.94. The third-order valence-corrected chi connectivity index (χ3v) is 3.00. The van der Waals surface area contributed by atoms with Gasteiger partial charge in [-0.2, -0.15) is 0 Å². The molecule has 0 unspecified atom stereocenters. The summed E-state index contributed by atoms with van der Waals surface area (Å²) in [6, 6.07) is 0. The lowest BCUT2D eigenvalue weighted by molar-refractivity contribution is 0.0447. The molecule has 1 heterocycles. The van der Waals surface area contributed by atoms with Crippen LogP contribution in [-0.4, -0.2) is 68.1 Å². The maximum absolute atomic E-state index is 5.54. The van der Waals surface area contributed by atoms with E-state index in [1.807, 2.05) is 17.9 Å². The summed E-state index contributed by atoms with van der Waals surface area (Å²) in [6.07, 6.45) is 3.89. The Morgan fingerprint density at radius 2 is 1.90 bits per heavy atom. The van der Waals surface area contributed by atoms with E-state index in [1.165, 1.54) is 0 Å². The summed E-state index contributed by atoms with van der Waals surface area (Å²) < 4.78 is 12.9. The van der Waals surface area contributed by atoms with Gasteiger partial charge in [0.15, 0.2) is 0 Å². The van der Waals surface area contributed by atoms with E-state index in [-0.39, 0.29) is 0 Å². The van der Waals surface area contributed by atoms with E-state index < -0.39 is 0 Å². The van der Waals surface area contributed by atoms with Crippen LogP contribution >= 0.6 is 0 Å². The molecule has 0 radical (unpaired) electrons. The maximum Gasteiger partial charge on any atom is 0.0725 e. The van der Waals surface area contributed by atoms with Gasteiger partial charge in [0, 0.05) is 19.5 Å². The molecular formula is C14H29N5O2. The first kappa shape index (κ1) is 18.0. The van der Waals surface area contributed by atoms with Crippen LogP contribution in [0.4, 0.5) is 0 Å². The Morgan fingerprint density at radius 1 is 1.10 bits per heavy atom. The Morgan fingerprint density at radius 3 is 2.67 bits per heavy atom. The molecule has 0 saturated carbocycles. The van der Waals surface area contributed by atoms with Crippen LogP contribution in [0, 0.1) is 0 Å². The lowest BCUT2D eigenvalue weighted by Crippen LogP contribution is -2.21. The summed E-state index contributed by atoms with van der Waals surface area (Å²) in [5.74, 6) is 0. The first-order valence-electron chi connectivity index (χ1n) is 7.76. The first-order valence-corrected chi connectivity index (χ1v) is 7.76. The number of ether oxygens (including phenoxy) is 2. The highest BCUT2D eigenvalue weighted by Gasteiger charge is 2.02. The predicted octanol–water partition coefficient (Wildman–Crippen LogP) is 0.0728. The van der Waals surface area contributed by atoms with Crippen molar-refractivity contribution in [3.63, 3.8) is 0 Å². The Hall–Kier alpha value is -1.02. The molecule has 1 aromatic heterocycles. The molecule has 7 nitrogen and oxygen atoms in total. The smallest absolute Gasteiger partial charge is 0.0725 e. The van der Waals surface area contributed by atoms with Crippen molar-refractivity contribution in [2.45, 2.75) is 26.3 Å². The molecule has 0 aliphatic heterocycles. The zero-order valence-electron chi connectivity index (χ0n) is 13.3. The number of nitrogens with zero attached hydrogens (tertiary/aromatic N) is 3. The van der Waals surface area contributed by atoms with Crippen LogP contribution in [0.1, 0.15) is 19.0 Å². The highest BCUT2D eigenvalue weighted by atomic mass is 16.5. The molecule has 0 saturated heterocycles. The molecule has 1 rings (SSSR count). The normalized spacial score (nSPS) is 11.1. The molecule has 0 fully saturated rings. The van der Waals surface area contributed by atoms with E-state index >= 15 is 0 Å². The Bertz CT molecular complexity index is 346. The molecule has 122 valence electrons. The standard InChI is InChI=1S/C14H29N5O2/c1-3-5-16-7-9-20-11-12-21-10-8-19-14(4-6-15-2)13-17-18-19/h13,15-16H,3-12H2,1-2H3. The Labute approximate surface area is 127 Å². The average molecular weight is 299 g/mol. The van der Waals surface area contributed by atoms with Crippen molar-refractivity contribution < 1.29 is 9.47 Å². The van der Waals surface area contributed by atoms with Crippen LogP contribution in [0.5, 0.6) is 0 Å². The second kappa shape index (κ2) is 12.7. The fourth-order valence-electron chi connectivity index (χ4n) is 1.83. The van der Waals surface area contributed by atoms with Crippen LogP contribution < -0.4 is 10.6 Å². The summed E-state index contributed by atoms with van der Waals surface area (Å²) in [7, 11) is 1.94. The topological polar surface area (TPSA) is 73.2 Å². The second-order valence-corrected chi connectivity index (χ2v) is 4.78. The van der Waals surface area contributed by atoms with Crippen molar-refractivity contribution in [3.8, 4) is 0 Å². The summed E-state index contributed by atoms with van der Waals surface area (Å²) in [5.41, 5.74) is 1.13. The Kier molecular flexibility index (Phi) is 10.9. The number of likely N-dealkylation sites (N-methyl/N-ethyl adjacent to an activating group) is 1. The summed E-state index contributed by atoms with van der Waals surface area (Å²) in [5, 5.41) is 14.4. The van der Waals surface area contributed by atoms with E-state index in [9.17, 15) is 0 Å². The summed E-state index contributed by atoms with van der Waals surface area (Å²) >= 11 is 0. The van der Waals surface area contributed by atoms with Gasteiger partial charge in [-0.15, -0.1) is 5.10 Å². The zero-order chi connectivity index (χ0) is 15.2. The van der Waals surface area contributed by atoms with Gasteiger partial charge < -0.3 is 20.1 Å². The highest BCUT2D eigenvalue weighted by Crippen LogP contribution is 1.97. The van der Waals surface area contributed by atoms with Crippen LogP contribution in [0.2, 0.25) is 0 Å². The quantitative estimate of drug-likeness (QED) is 0.474. The minimum atomic E-state index is 0.619. The van der Waals surface area contributed by atoms with Crippen molar-refractivity contribution in [2.75, 3.05) is 53.1 Å². The van der Waals surface area contributed by atoms with Gasteiger partial charge in [-0.05, 0) is 20.0 Å². The fourth-order valence-corrected chi connectivity index (χ4v) is 1.83. The minimum absolute atomic E-state index is 0.619. The summed E-state index contributed by atoms with van der Waals surface area (Å²) in [4.78, 5) is 0. The predicted molar refractivity (Wildman–Crippen MR) is 82.5 cm³/mol. The molecule has 7 heteroatoms. The lowest BCUT2D eigenvalue weighted by atomic mass is 10.3. The third-order valence-electron chi connectivity index (χ3n) is 3.00. The van der Waals surface area contributed by atoms with Gasteiger partial charge in [0.05, 0.1) is 44.9 Å². The van der Waals surface area contributed by atoms with Crippen molar-refractivity contribution in [2.24, 2.45) is 0 Å². The van der Waals surface area contributed by atoms with Gasteiger partial charge in [-0.25, -0.2) is 4.68 Å². The van der Waals surface area contributed by atoms with Crippen molar-refractivity contribution >= 4 is 0 Å². The van der Waals surface area contributed by atoms with Gasteiger partial charge in [0.2, 0.25) is 0 Å². The van der Waals surface area contributed by atoms with Gasteiger partial charge >= 0.3 is 0 Å². The molecule has 21 heavy (non-hydrogen) atoms. The number of hydrogen-bond donors (Lipinski definition) is 2. The van der Waals surface area contributed by atoms with Gasteiger partial charge in [0.25, 0.3) is 0 Å². The van der Waals surface area contributed by atoms with E-state index in [0.29, 0.717) is 19.8 Å². The monoisotopic (exact) mass is 299 g/mol. The van der Waals surface area contributed by atoms with E-state index in [2.05, 4.69) is 27.9 Å². The van der Waals surface area contributed by atoms with Gasteiger partial charge in [0.1, 0.15) is 0 Å². The molecule has 0 aromatic carbocycles. The molecule has 0 spiro atoms. The maximum atomic E-state index is 5.54. The number of rotatable bonds is 14. The number of nitrogens with one attached hydrogen (secondary N) is 2. The average Bonchev–Trinajstić information content (AvgIpc) is 2.94. The van der Waals surface area contributed by atoms with E-state index in [1.54, 1.807) is 0 Å². The van der Waals surface area contributed by atoms with Crippen LogP contribution in [0.3, 0.4) is 0 Å². The number of hydrogen-bond acceptors (Lipinski definition) is 6. The van der Waals surface area contributed by atoms with E-state index in [4.69, 9.17) is 9.47 Å². The zero-order valence-corrected chi connectivity index (χ0v) is 13.3.